The van der Waals surface area contributed by atoms with Crippen LogP contribution in [0.4, 0.5) is 0 Å². The normalized spacial score (nSPS) is 29.9. The fourth-order valence-electron chi connectivity index (χ4n) is 4.69. The summed E-state index contributed by atoms with van der Waals surface area (Å²) in [5.41, 5.74) is 2.03. The number of amides is 1. The van der Waals surface area contributed by atoms with Crippen molar-refractivity contribution in [3.8, 4) is 0 Å². The summed E-state index contributed by atoms with van der Waals surface area (Å²) in [6, 6.07) is 8.40. The van der Waals surface area contributed by atoms with Crippen LogP contribution in [0, 0.1) is 5.92 Å². The van der Waals surface area contributed by atoms with Crippen LogP contribution in [0.2, 0.25) is 0 Å². The Bertz CT molecular complexity index is 680. The van der Waals surface area contributed by atoms with Crippen molar-refractivity contribution in [2.75, 3.05) is 13.2 Å². The van der Waals surface area contributed by atoms with Crippen LogP contribution in [-0.4, -0.2) is 35.7 Å². The van der Waals surface area contributed by atoms with E-state index in [-0.39, 0.29) is 23.7 Å². The molecule has 128 valence electrons. The van der Waals surface area contributed by atoms with Gasteiger partial charge in [0, 0.05) is 24.5 Å². The van der Waals surface area contributed by atoms with Crippen molar-refractivity contribution < 1.29 is 19.4 Å². The molecule has 1 saturated heterocycles. The van der Waals surface area contributed by atoms with Gasteiger partial charge in [0.05, 0.1) is 12.0 Å². The second-order valence-electron chi connectivity index (χ2n) is 7.52. The third kappa shape index (κ3) is 2.51. The molecule has 0 bridgehead atoms. The summed E-state index contributed by atoms with van der Waals surface area (Å²) < 4.78 is 5.36. The molecule has 4 rings (SSSR count). The van der Waals surface area contributed by atoms with Crippen molar-refractivity contribution in [3.05, 3.63) is 35.4 Å². The Hall–Kier alpha value is -1.88. The number of rotatable bonds is 4. The summed E-state index contributed by atoms with van der Waals surface area (Å²) in [6.45, 7) is 1.01. The molecular formula is C19H23NO4. The van der Waals surface area contributed by atoms with Gasteiger partial charge >= 0.3 is 5.97 Å². The van der Waals surface area contributed by atoms with Crippen LogP contribution < -0.4 is 5.32 Å². The number of hydrogen-bond acceptors (Lipinski definition) is 3. The highest BCUT2D eigenvalue weighted by atomic mass is 16.5. The molecule has 0 aromatic heterocycles. The molecular weight excluding hydrogens is 306 g/mol. The third-order valence-corrected chi connectivity index (χ3v) is 6.11. The minimum atomic E-state index is -0.867. The zero-order valence-electron chi connectivity index (χ0n) is 13.7. The van der Waals surface area contributed by atoms with Crippen molar-refractivity contribution in [1.29, 1.82) is 0 Å². The van der Waals surface area contributed by atoms with Crippen molar-refractivity contribution in [2.45, 2.75) is 49.5 Å². The number of hydrogen-bond donors (Lipinski definition) is 2. The van der Waals surface area contributed by atoms with Crippen LogP contribution in [0.5, 0.6) is 0 Å². The molecule has 1 heterocycles. The topological polar surface area (TPSA) is 75.6 Å². The molecule has 0 radical (unpaired) electrons. The Morgan fingerprint density at radius 1 is 1.21 bits per heavy atom. The molecule has 1 spiro atoms. The number of ether oxygens (including phenoxy) is 1. The molecule has 5 nitrogen and oxygen atoms in total. The van der Waals surface area contributed by atoms with Crippen LogP contribution in [0.25, 0.3) is 0 Å². The quantitative estimate of drug-likeness (QED) is 0.886. The van der Waals surface area contributed by atoms with Crippen molar-refractivity contribution >= 4 is 11.9 Å². The lowest BCUT2D eigenvalue weighted by Gasteiger charge is -2.37. The molecule has 5 heteroatoms. The van der Waals surface area contributed by atoms with Gasteiger partial charge in [-0.2, -0.15) is 0 Å². The fourth-order valence-corrected chi connectivity index (χ4v) is 4.69. The molecule has 2 unspecified atom stereocenters. The van der Waals surface area contributed by atoms with Gasteiger partial charge in [-0.05, 0) is 43.2 Å². The number of fused-ring (bicyclic) bond motifs is 2. The molecule has 1 amide bonds. The number of carboxylic acid groups (broad SMARTS) is 1. The van der Waals surface area contributed by atoms with E-state index in [1.165, 1.54) is 11.1 Å². The highest BCUT2D eigenvalue weighted by Gasteiger charge is 2.61. The lowest BCUT2D eigenvalue weighted by atomic mass is 9.86. The van der Waals surface area contributed by atoms with Gasteiger partial charge in [0.15, 0.2) is 0 Å². The summed E-state index contributed by atoms with van der Waals surface area (Å²) in [5, 5.41) is 12.3. The Kier molecular flexibility index (Phi) is 3.64. The summed E-state index contributed by atoms with van der Waals surface area (Å²) in [6.07, 6.45) is 4.06. The molecule has 1 aliphatic heterocycles. The highest BCUT2D eigenvalue weighted by molar-refractivity contribution is 5.86. The van der Waals surface area contributed by atoms with Crippen LogP contribution >= 0.6 is 0 Å². The maximum Gasteiger partial charge on any atom is 0.305 e. The van der Waals surface area contributed by atoms with E-state index in [2.05, 4.69) is 23.5 Å². The average molecular weight is 329 g/mol. The first-order chi connectivity index (χ1) is 11.5. The first-order valence-electron chi connectivity index (χ1n) is 8.75. The highest BCUT2D eigenvalue weighted by Crippen LogP contribution is 2.61. The van der Waals surface area contributed by atoms with Crippen LogP contribution in [0.1, 0.15) is 43.2 Å². The SMILES string of the molecule is O=C(O)CC1(NC(=O)C2CC23CCc2ccccc23)CCOCC1. The summed E-state index contributed by atoms with van der Waals surface area (Å²) in [4.78, 5) is 24.1. The summed E-state index contributed by atoms with van der Waals surface area (Å²) in [5.74, 6) is -0.863. The molecule has 1 aromatic rings. The van der Waals surface area contributed by atoms with Gasteiger partial charge in [0.1, 0.15) is 0 Å². The first-order valence-corrected chi connectivity index (χ1v) is 8.75. The predicted molar refractivity (Wildman–Crippen MR) is 87.7 cm³/mol. The van der Waals surface area contributed by atoms with E-state index < -0.39 is 11.5 Å². The first kappa shape index (κ1) is 15.6. The standard InChI is InChI=1S/C19H23NO4/c21-16(22)12-18(7-9-24-10-8-18)20-17(23)15-11-19(15)6-5-13-3-1-2-4-14(13)19/h1-4,15H,5-12H2,(H,20,23)(H,21,22). The van der Waals surface area contributed by atoms with E-state index >= 15 is 0 Å². The molecule has 3 aliphatic rings. The van der Waals surface area contributed by atoms with Gasteiger partial charge in [-0.25, -0.2) is 0 Å². The second kappa shape index (κ2) is 5.59. The summed E-state index contributed by atoms with van der Waals surface area (Å²) >= 11 is 0. The van der Waals surface area contributed by atoms with Gasteiger partial charge in [-0.1, -0.05) is 24.3 Å². The van der Waals surface area contributed by atoms with Crippen LogP contribution in [-0.2, 0) is 26.2 Å². The van der Waals surface area contributed by atoms with E-state index in [1.807, 2.05) is 6.07 Å². The number of benzene rings is 1. The Labute approximate surface area is 141 Å². The predicted octanol–water partition coefficient (Wildman–Crippen LogP) is 2.03. The second-order valence-corrected chi connectivity index (χ2v) is 7.52. The minimum absolute atomic E-state index is 0.00371. The average Bonchev–Trinajstić information content (AvgIpc) is 3.17. The van der Waals surface area contributed by atoms with Gasteiger partial charge in [0.2, 0.25) is 5.91 Å². The summed E-state index contributed by atoms with van der Waals surface area (Å²) in [7, 11) is 0. The lowest BCUT2D eigenvalue weighted by Crippen LogP contribution is -2.54. The molecule has 1 saturated carbocycles. The number of aliphatic carboxylic acids is 1. The minimum Gasteiger partial charge on any atom is -0.481 e. The Morgan fingerprint density at radius 3 is 2.71 bits per heavy atom. The molecule has 24 heavy (non-hydrogen) atoms. The molecule has 2 atom stereocenters. The molecule has 1 aromatic carbocycles. The van der Waals surface area contributed by atoms with Gasteiger partial charge in [-0.3, -0.25) is 9.59 Å². The lowest BCUT2D eigenvalue weighted by molar-refractivity contribution is -0.140. The Morgan fingerprint density at radius 2 is 1.96 bits per heavy atom. The van der Waals surface area contributed by atoms with E-state index in [1.54, 1.807) is 0 Å². The van der Waals surface area contributed by atoms with Crippen molar-refractivity contribution in [1.82, 2.24) is 5.32 Å². The maximum absolute atomic E-state index is 12.9. The number of carbonyl (C=O) groups is 2. The van der Waals surface area contributed by atoms with E-state index in [0.717, 1.165) is 19.3 Å². The van der Waals surface area contributed by atoms with Crippen LogP contribution in [0.15, 0.2) is 24.3 Å². The van der Waals surface area contributed by atoms with Crippen molar-refractivity contribution in [3.63, 3.8) is 0 Å². The largest absolute Gasteiger partial charge is 0.481 e. The molecule has 2 fully saturated rings. The number of nitrogens with one attached hydrogen (secondary N) is 1. The smallest absolute Gasteiger partial charge is 0.305 e. The van der Waals surface area contributed by atoms with E-state index in [0.29, 0.717) is 26.1 Å². The third-order valence-electron chi connectivity index (χ3n) is 6.11. The molecule has 2 aliphatic carbocycles. The van der Waals surface area contributed by atoms with Gasteiger partial charge in [0.25, 0.3) is 0 Å². The van der Waals surface area contributed by atoms with E-state index in [9.17, 15) is 14.7 Å². The van der Waals surface area contributed by atoms with Crippen LogP contribution in [0.3, 0.4) is 0 Å². The van der Waals surface area contributed by atoms with Gasteiger partial charge in [-0.15, -0.1) is 0 Å². The van der Waals surface area contributed by atoms with Gasteiger partial charge < -0.3 is 15.2 Å². The number of carbonyl (C=O) groups excluding carboxylic acids is 1. The Balaban J connectivity index is 1.50. The fraction of sp³-hybridized carbons (Fsp3) is 0.579. The molecule has 2 N–H and O–H groups in total. The monoisotopic (exact) mass is 329 g/mol. The van der Waals surface area contributed by atoms with E-state index in [4.69, 9.17) is 4.74 Å². The number of carboxylic acids is 1. The number of aryl methyl sites for hydroxylation is 1. The van der Waals surface area contributed by atoms with Crippen molar-refractivity contribution in [2.24, 2.45) is 5.92 Å². The maximum atomic E-state index is 12.9. The zero-order valence-corrected chi connectivity index (χ0v) is 13.7. The zero-order chi connectivity index (χ0) is 16.8.